The normalized spacial score (nSPS) is 11.1. The van der Waals surface area contributed by atoms with Crippen LogP contribution in [0.4, 0.5) is 15.6 Å². The Morgan fingerprint density at radius 1 is 1.16 bits per heavy atom. The average Bonchev–Trinajstić information content (AvgIpc) is 2.81. The van der Waals surface area contributed by atoms with E-state index in [9.17, 15) is 4.79 Å². The maximum atomic E-state index is 11.7. The summed E-state index contributed by atoms with van der Waals surface area (Å²) in [5.74, 6) is 0. The molecule has 6 heteroatoms. The number of nitrogens with zero attached hydrogens (tertiary/aromatic N) is 2. The minimum Gasteiger partial charge on any atom is -0.308 e. The summed E-state index contributed by atoms with van der Waals surface area (Å²) < 4.78 is 3.81. The van der Waals surface area contributed by atoms with Crippen LogP contribution in [0.25, 0.3) is 0 Å². The maximum absolute atomic E-state index is 11.7. The van der Waals surface area contributed by atoms with E-state index < -0.39 is 0 Å². The molecule has 2 amide bonds. The van der Waals surface area contributed by atoms with Crippen molar-refractivity contribution in [3.63, 3.8) is 0 Å². The van der Waals surface area contributed by atoms with E-state index in [1.165, 1.54) is 11.9 Å². The summed E-state index contributed by atoms with van der Waals surface area (Å²) in [5, 5.41) is 5.83. The molecule has 0 aliphatic rings. The quantitative estimate of drug-likeness (QED) is 0.882. The van der Waals surface area contributed by atoms with Gasteiger partial charge in [0, 0.05) is 17.2 Å². The zero-order valence-electron chi connectivity index (χ0n) is 11.1. The molecule has 2 rings (SSSR count). The van der Waals surface area contributed by atoms with Gasteiger partial charge >= 0.3 is 6.03 Å². The van der Waals surface area contributed by atoms with Gasteiger partial charge in [-0.2, -0.15) is 4.37 Å². The molecule has 0 saturated heterocycles. The van der Waals surface area contributed by atoms with Crippen LogP contribution in [0.5, 0.6) is 0 Å². The SMILES string of the molecule is CC(C)(C)c1ccc(NC(=O)Nc2ncns2)cc1. The molecule has 0 bridgehead atoms. The first kappa shape index (κ1) is 13.5. The van der Waals surface area contributed by atoms with Gasteiger partial charge < -0.3 is 5.32 Å². The first-order chi connectivity index (χ1) is 8.95. The minimum atomic E-state index is -0.319. The van der Waals surface area contributed by atoms with Gasteiger partial charge in [-0.1, -0.05) is 32.9 Å². The molecule has 0 saturated carbocycles. The first-order valence-corrected chi connectivity index (χ1v) is 6.68. The van der Waals surface area contributed by atoms with Crippen molar-refractivity contribution >= 4 is 28.4 Å². The Kier molecular flexibility index (Phi) is 3.80. The summed E-state index contributed by atoms with van der Waals surface area (Å²) in [4.78, 5) is 15.6. The molecule has 5 nitrogen and oxygen atoms in total. The molecule has 1 heterocycles. The highest BCUT2D eigenvalue weighted by molar-refractivity contribution is 7.09. The lowest BCUT2D eigenvalue weighted by Crippen LogP contribution is -2.19. The third-order valence-corrected chi connectivity index (χ3v) is 3.17. The van der Waals surface area contributed by atoms with Crippen LogP contribution in [0, 0.1) is 0 Å². The Bertz CT molecular complexity index is 543. The second-order valence-electron chi connectivity index (χ2n) is 5.15. The molecule has 0 radical (unpaired) electrons. The van der Waals surface area contributed by atoms with Crippen molar-refractivity contribution < 1.29 is 4.79 Å². The summed E-state index contributed by atoms with van der Waals surface area (Å²) in [5.41, 5.74) is 2.07. The van der Waals surface area contributed by atoms with Crippen molar-refractivity contribution in [2.45, 2.75) is 26.2 Å². The number of nitrogens with one attached hydrogen (secondary N) is 2. The molecule has 1 aromatic carbocycles. The second-order valence-corrected chi connectivity index (χ2v) is 5.93. The minimum absolute atomic E-state index is 0.105. The lowest BCUT2D eigenvalue weighted by Gasteiger charge is -2.19. The number of rotatable bonds is 2. The number of carbonyl (C=O) groups excluding carboxylic acids is 1. The van der Waals surface area contributed by atoms with Gasteiger partial charge in [-0.3, -0.25) is 5.32 Å². The molecule has 100 valence electrons. The molecule has 0 atom stereocenters. The molecule has 0 unspecified atom stereocenters. The summed E-state index contributed by atoms with van der Waals surface area (Å²) in [6, 6.07) is 7.49. The fraction of sp³-hybridized carbons (Fsp3) is 0.308. The molecule has 0 spiro atoms. The molecule has 0 fully saturated rings. The number of urea groups is 1. The van der Waals surface area contributed by atoms with Gasteiger partial charge in [0.2, 0.25) is 5.13 Å². The van der Waals surface area contributed by atoms with Crippen LogP contribution in [0.3, 0.4) is 0 Å². The van der Waals surface area contributed by atoms with Crippen LogP contribution in [0.15, 0.2) is 30.6 Å². The Labute approximate surface area is 116 Å². The number of carbonyl (C=O) groups is 1. The number of hydrogen-bond acceptors (Lipinski definition) is 4. The maximum Gasteiger partial charge on any atom is 0.325 e. The van der Waals surface area contributed by atoms with E-state index in [4.69, 9.17) is 0 Å². The number of amides is 2. The number of hydrogen-bond donors (Lipinski definition) is 2. The van der Waals surface area contributed by atoms with Gasteiger partial charge in [0.05, 0.1) is 0 Å². The van der Waals surface area contributed by atoms with Crippen molar-refractivity contribution in [2.75, 3.05) is 10.6 Å². The Morgan fingerprint density at radius 2 is 1.84 bits per heavy atom. The van der Waals surface area contributed by atoms with Crippen LogP contribution >= 0.6 is 11.5 Å². The number of benzene rings is 1. The summed E-state index contributed by atoms with van der Waals surface area (Å²) in [6.45, 7) is 6.45. The van der Waals surface area contributed by atoms with Gasteiger partial charge in [-0.15, -0.1) is 0 Å². The smallest absolute Gasteiger partial charge is 0.308 e. The molecular weight excluding hydrogens is 260 g/mol. The standard InChI is InChI=1S/C13H16N4OS/c1-13(2,3)9-4-6-10(7-5-9)16-11(18)17-12-14-8-15-19-12/h4-8H,1-3H3,(H2,14,15,16,17,18). The molecule has 0 aliphatic heterocycles. The van der Waals surface area contributed by atoms with E-state index in [-0.39, 0.29) is 11.4 Å². The highest BCUT2D eigenvalue weighted by atomic mass is 32.1. The first-order valence-electron chi connectivity index (χ1n) is 5.90. The predicted molar refractivity (Wildman–Crippen MR) is 77.7 cm³/mol. The number of aromatic nitrogens is 2. The zero-order chi connectivity index (χ0) is 13.9. The molecule has 0 aliphatic carbocycles. The van der Waals surface area contributed by atoms with Crippen LogP contribution in [0.2, 0.25) is 0 Å². The van der Waals surface area contributed by atoms with Crippen molar-refractivity contribution in [2.24, 2.45) is 0 Å². The van der Waals surface area contributed by atoms with E-state index in [0.717, 1.165) is 17.2 Å². The Balaban J connectivity index is 1.98. The van der Waals surface area contributed by atoms with Crippen molar-refractivity contribution in [1.82, 2.24) is 9.36 Å². The molecule has 2 aromatic rings. The van der Waals surface area contributed by atoms with Crippen LogP contribution in [-0.4, -0.2) is 15.4 Å². The Morgan fingerprint density at radius 3 is 2.37 bits per heavy atom. The predicted octanol–water partition coefficient (Wildman–Crippen LogP) is 3.48. The van der Waals surface area contributed by atoms with Crippen molar-refractivity contribution in [1.29, 1.82) is 0 Å². The molecule has 19 heavy (non-hydrogen) atoms. The van der Waals surface area contributed by atoms with E-state index >= 15 is 0 Å². The van der Waals surface area contributed by atoms with Gasteiger partial charge in [0.1, 0.15) is 6.33 Å². The fourth-order valence-corrected chi connectivity index (χ4v) is 1.97. The van der Waals surface area contributed by atoms with Gasteiger partial charge in [0.25, 0.3) is 0 Å². The number of anilines is 2. The highest BCUT2D eigenvalue weighted by Gasteiger charge is 2.13. The van der Waals surface area contributed by atoms with Crippen molar-refractivity contribution in [3.05, 3.63) is 36.2 Å². The van der Waals surface area contributed by atoms with Gasteiger partial charge in [0.15, 0.2) is 0 Å². The van der Waals surface area contributed by atoms with E-state index in [1.807, 2.05) is 24.3 Å². The molecular formula is C13H16N4OS. The van der Waals surface area contributed by atoms with Gasteiger partial charge in [-0.05, 0) is 23.1 Å². The van der Waals surface area contributed by atoms with E-state index in [2.05, 4.69) is 40.8 Å². The lowest BCUT2D eigenvalue weighted by molar-refractivity contribution is 0.262. The summed E-state index contributed by atoms with van der Waals surface area (Å²) >= 11 is 1.13. The molecule has 1 aromatic heterocycles. The lowest BCUT2D eigenvalue weighted by atomic mass is 9.87. The third kappa shape index (κ3) is 3.75. The second kappa shape index (κ2) is 5.36. The van der Waals surface area contributed by atoms with Crippen LogP contribution in [0.1, 0.15) is 26.3 Å². The van der Waals surface area contributed by atoms with Crippen molar-refractivity contribution in [3.8, 4) is 0 Å². The zero-order valence-corrected chi connectivity index (χ0v) is 11.9. The molecule has 2 N–H and O–H groups in total. The Hall–Kier alpha value is -1.95. The van der Waals surface area contributed by atoms with Gasteiger partial charge in [-0.25, -0.2) is 9.78 Å². The summed E-state index contributed by atoms with van der Waals surface area (Å²) in [6.07, 6.45) is 1.40. The highest BCUT2D eigenvalue weighted by Crippen LogP contribution is 2.23. The van der Waals surface area contributed by atoms with Crippen LogP contribution in [-0.2, 0) is 5.41 Å². The largest absolute Gasteiger partial charge is 0.325 e. The topological polar surface area (TPSA) is 66.9 Å². The third-order valence-electron chi connectivity index (χ3n) is 2.59. The fourth-order valence-electron chi connectivity index (χ4n) is 1.54. The monoisotopic (exact) mass is 276 g/mol. The van der Waals surface area contributed by atoms with E-state index in [0.29, 0.717) is 5.13 Å². The van der Waals surface area contributed by atoms with E-state index in [1.54, 1.807) is 0 Å². The summed E-state index contributed by atoms with van der Waals surface area (Å²) in [7, 11) is 0. The van der Waals surface area contributed by atoms with Crippen LogP contribution < -0.4 is 10.6 Å². The average molecular weight is 276 g/mol.